The van der Waals surface area contributed by atoms with E-state index in [1.807, 2.05) is 0 Å². The number of ether oxygens (including phenoxy) is 2. The summed E-state index contributed by atoms with van der Waals surface area (Å²) in [4.78, 5) is 2.32. The molecule has 1 aliphatic heterocycles. The summed E-state index contributed by atoms with van der Waals surface area (Å²) >= 11 is 0. The van der Waals surface area contributed by atoms with Gasteiger partial charge >= 0.3 is 0 Å². The fraction of sp³-hybridized carbons (Fsp3) is 0.600. The zero-order valence-electron chi connectivity index (χ0n) is 11.9. The third-order valence-corrected chi connectivity index (χ3v) is 3.35. The lowest BCUT2D eigenvalue weighted by Crippen LogP contribution is -2.36. The van der Waals surface area contributed by atoms with Crippen LogP contribution in [-0.2, 0) is 11.3 Å². The van der Waals surface area contributed by atoms with E-state index in [4.69, 9.17) is 9.47 Å². The molecule has 106 valence electrons. The molecule has 0 bridgehead atoms. The van der Waals surface area contributed by atoms with Crippen LogP contribution in [0.3, 0.4) is 0 Å². The average Bonchev–Trinajstić information content (AvgIpc) is 2.48. The van der Waals surface area contributed by atoms with E-state index in [0.29, 0.717) is 0 Å². The minimum Gasteiger partial charge on any atom is -0.495 e. The second-order valence-electron chi connectivity index (χ2n) is 4.78. The SMILES string of the molecule is CCCNCc1ccc(N2CCOCC2)c(OC)c1. The van der Waals surface area contributed by atoms with Gasteiger partial charge in [0.15, 0.2) is 0 Å². The zero-order chi connectivity index (χ0) is 13.5. The Hall–Kier alpha value is -1.26. The van der Waals surface area contributed by atoms with Crippen LogP contribution in [0.1, 0.15) is 18.9 Å². The Morgan fingerprint density at radius 1 is 1.32 bits per heavy atom. The first-order valence-corrected chi connectivity index (χ1v) is 7.05. The van der Waals surface area contributed by atoms with Crippen LogP contribution in [-0.4, -0.2) is 40.0 Å². The van der Waals surface area contributed by atoms with Crippen LogP contribution in [0.4, 0.5) is 5.69 Å². The molecule has 1 aromatic carbocycles. The zero-order valence-corrected chi connectivity index (χ0v) is 11.9. The summed E-state index contributed by atoms with van der Waals surface area (Å²) in [5, 5.41) is 3.41. The molecule has 0 spiro atoms. The summed E-state index contributed by atoms with van der Waals surface area (Å²) in [5.41, 5.74) is 2.44. The number of methoxy groups -OCH3 is 1. The average molecular weight is 264 g/mol. The topological polar surface area (TPSA) is 33.7 Å². The summed E-state index contributed by atoms with van der Waals surface area (Å²) in [6, 6.07) is 6.47. The molecule has 1 aliphatic rings. The van der Waals surface area contributed by atoms with Crippen molar-refractivity contribution in [2.24, 2.45) is 0 Å². The Labute approximate surface area is 115 Å². The van der Waals surface area contributed by atoms with E-state index in [9.17, 15) is 0 Å². The molecule has 0 amide bonds. The highest BCUT2D eigenvalue weighted by Gasteiger charge is 2.15. The smallest absolute Gasteiger partial charge is 0.142 e. The third kappa shape index (κ3) is 3.85. The van der Waals surface area contributed by atoms with E-state index in [1.54, 1.807) is 7.11 Å². The molecule has 1 heterocycles. The Morgan fingerprint density at radius 3 is 2.79 bits per heavy atom. The number of morpholine rings is 1. The number of anilines is 1. The lowest BCUT2D eigenvalue weighted by Gasteiger charge is -2.30. The minimum atomic E-state index is 0.795. The normalized spacial score (nSPS) is 15.6. The molecule has 2 rings (SSSR count). The summed E-state index contributed by atoms with van der Waals surface area (Å²) in [5.74, 6) is 0.956. The van der Waals surface area contributed by atoms with Crippen LogP contribution in [0.5, 0.6) is 5.75 Å². The molecule has 0 aliphatic carbocycles. The summed E-state index contributed by atoms with van der Waals surface area (Å²) in [6.07, 6.45) is 1.16. The second-order valence-corrected chi connectivity index (χ2v) is 4.78. The maximum atomic E-state index is 5.54. The fourth-order valence-corrected chi connectivity index (χ4v) is 2.31. The molecular formula is C15H24N2O2. The van der Waals surface area contributed by atoms with Crippen LogP contribution in [0.2, 0.25) is 0 Å². The van der Waals surface area contributed by atoms with E-state index < -0.39 is 0 Å². The number of nitrogens with zero attached hydrogens (tertiary/aromatic N) is 1. The van der Waals surface area contributed by atoms with Crippen molar-refractivity contribution in [3.05, 3.63) is 23.8 Å². The first-order chi connectivity index (χ1) is 9.35. The van der Waals surface area contributed by atoms with Gasteiger partial charge in [0.05, 0.1) is 26.0 Å². The van der Waals surface area contributed by atoms with Gasteiger partial charge in [0.1, 0.15) is 5.75 Å². The Balaban J connectivity index is 2.06. The molecule has 0 saturated carbocycles. The van der Waals surface area contributed by atoms with Gasteiger partial charge in [0, 0.05) is 19.6 Å². The van der Waals surface area contributed by atoms with E-state index >= 15 is 0 Å². The molecule has 19 heavy (non-hydrogen) atoms. The van der Waals surface area contributed by atoms with E-state index in [-0.39, 0.29) is 0 Å². The van der Waals surface area contributed by atoms with Gasteiger partial charge in [-0.3, -0.25) is 0 Å². The predicted molar refractivity (Wildman–Crippen MR) is 78.0 cm³/mol. The maximum absolute atomic E-state index is 5.54. The first-order valence-electron chi connectivity index (χ1n) is 7.05. The van der Waals surface area contributed by atoms with E-state index in [0.717, 1.165) is 51.6 Å². The molecule has 0 unspecified atom stereocenters. The van der Waals surface area contributed by atoms with Gasteiger partial charge in [-0.25, -0.2) is 0 Å². The van der Waals surface area contributed by atoms with Gasteiger partial charge in [-0.2, -0.15) is 0 Å². The highest BCUT2D eigenvalue weighted by Crippen LogP contribution is 2.29. The summed E-state index contributed by atoms with van der Waals surface area (Å²) in [6.45, 7) is 7.58. The molecule has 4 heteroatoms. The monoisotopic (exact) mass is 264 g/mol. The maximum Gasteiger partial charge on any atom is 0.142 e. The molecule has 1 fully saturated rings. The van der Waals surface area contributed by atoms with Gasteiger partial charge in [-0.15, -0.1) is 0 Å². The van der Waals surface area contributed by atoms with Crippen LogP contribution in [0.15, 0.2) is 18.2 Å². The van der Waals surface area contributed by atoms with Crippen molar-refractivity contribution in [3.8, 4) is 5.75 Å². The van der Waals surface area contributed by atoms with Crippen LogP contribution in [0, 0.1) is 0 Å². The van der Waals surface area contributed by atoms with Gasteiger partial charge in [0.2, 0.25) is 0 Å². The molecule has 4 nitrogen and oxygen atoms in total. The van der Waals surface area contributed by atoms with E-state index in [2.05, 4.69) is 35.3 Å². The molecular weight excluding hydrogens is 240 g/mol. The quantitative estimate of drug-likeness (QED) is 0.797. The predicted octanol–water partition coefficient (Wildman–Crippen LogP) is 2.03. The number of hydrogen-bond acceptors (Lipinski definition) is 4. The van der Waals surface area contributed by atoms with Gasteiger partial charge in [0.25, 0.3) is 0 Å². The van der Waals surface area contributed by atoms with Crippen LogP contribution < -0.4 is 15.0 Å². The summed E-state index contributed by atoms with van der Waals surface area (Å²) < 4.78 is 10.9. The van der Waals surface area contributed by atoms with E-state index in [1.165, 1.54) is 11.3 Å². The van der Waals surface area contributed by atoms with Crippen molar-refractivity contribution in [1.29, 1.82) is 0 Å². The largest absolute Gasteiger partial charge is 0.495 e. The number of hydrogen-bond donors (Lipinski definition) is 1. The number of nitrogens with one attached hydrogen (secondary N) is 1. The Morgan fingerprint density at radius 2 is 2.11 bits per heavy atom. The van der Waals surface area contributed by atoms with Crippen molar-refractivity contribution in [2.45, 2.75) is 19.9 Å². The van der Waals surface area contributed by atoms with Crippen molar-refractivity contribution >= 4 is 5.69 Å². The lowest BCUT2D eigenvalue weighted by atomic mass is 10.1. The highest BCUT2D eigenvalue weighted by atomic mass is 16.5. The van der Waals surface area contributed by atoms with Crippen molar-refractivity contribution in [1.82, 2.24) is 5.32 Å². The molecule has 1 saturated heterocycles. The third-order valence-electron chi connectivity index (χ3n) is 3.35. The minimum absolute atomic E-state index is 0.795. The first kappa shape index (κ1) is 14.2. The molecule has 0 radical (unpaired) electrons. The molecule has 1 N–H and O–H groups in total. The number of rotatable bonds is 6. The second kappa shape index (κ2) is 7.36. The molecule has 0 aromatic heterocycles. The van der Waals surface area contributed by atoms with Crippen LogP contribution >= 0.6 is 0 Å². The lowest BCUT2D eigenvalue weighted by molar-refractivity contribution is 0.122. The van der Waals surface area contributed by atoms with Gasteiger partial charge in [-0.05, 0) is 30.7 Å². The standard InChI is InChI=1S/C15H24N2O2/c1-3-6-16-12-13-4-5-14(15(11-13)18-2)17-7-9-19-10-8-17/h4-5,11,16H,3,6-10,12H2,1-2H3. The number of benzene rings is 1. The van der Waals surface area contributed by atoms with Crippen molar-refractivity contribution in [3.63, 3.8) is 0 Å². The molecule has 1 aromatic rings. The Kier molecular flexibility index (Phi) is 5.48. The van der Waals surface area contributed by atoms with Gasteiger partial charge in [-0.1, -0.05) is 13.0 Å². The highest BCUT2D eigenvalue weighted by molar-refractivity contribution is 5.60. The molecule has 0 atom stereocenters. The van der Waals surface area contributed by atoms with Gasteiger partial charge < -0.3 is 19.7 Å². The van der Waals surface area contributed by atoms with Crippen molar-refractivity contribution in [2.75, 3.05) is 44.9 Å². The van der Waals surface area contributed by atoms with Crippen LogP contribution in [0.25, 0.3) is 0 Å². The summed E-state index contributed by atoms with van der Waals surface area (Å²) in [7, 11) is 1.74. The Bertz CT molecular complexity index is 390. The fourth-order valence-electron chi connectivity index (χ4n) is 2.31. The van der Waals surface area contributed by atoms with Crippen molar-refractivity contribution < 1.29 is 9.47 Å².